The molecule has 0 fully saturated rings. The van der Waals surface area contributed by atoms with E-state index in [0.717, 1.165) is 43.4 Å². The molecule has 2 aromatic carbocycles. The number of hydrogen-bond acceptors (Lipinski definition) is 4. The van der Waals surface area contributed by atoms with E-state index in [-0.39, 0.29) is 5.82 Å². The largest absolute Gasteiger partial charge is 0.325 e. The molecule has 6 heteroatoms. The topological polar surface area (TPSA) is 46.3 Å². The first-order valence-corrected chi connectivity index (χ1v) is 10.6. The van der Waals surface area contributed by atoms with Crippen LogP contribution in [-0.2, 0) is 12.8 Å². The molecule has 0 amide bonds. The fourth-order valence-corrected chi connectivity index (χ4v) is 4.43. The van der Waals surface area contributed by atoms with Crippen LogP contribution in [0.5, 0.6) is 0 Å². The monoisotopic (exact) mass is 403 g/mol. The lowest BCUT2D eigenvalue weighted by atomic mass is 9.86. The molecule has 2 aromatic heterocycles. The molecule has 5 rings (SSSR count). The number of halogens is 1. The number of fused-ring (bicyclic) bond motifs is 4. The lowest BCUT2D eigenvalue weighted by Gasteiger charge is -2.33. The summed E-state index contributed by atoms with van der Waals surface area (Å²) >= 11 is 0. The molecule has 0 N–H and O–H groups in total. The van der Waals surface area contributed by atoms with Crippen molar-refractivity contribution in [3.63, 3.8) is 0 Å². The highest BCUT2D eigenvalue weighted by molar-refractivity contribution is 5.94. The minimum absolute atomic E-state index is 0.294. The first-order chi connectivity index (χ1) is 14.4. The fourth-order valence-electron chi connectivity index (χ4n) is 4.43. The molecule has 0 aliphatic carbocycles. The smallest absolute Gasteiger partial charge is 0.257 e. The van der Waals surface area contributed by atoms with Crippen LogP contribution in [0.25, 0.3) is 16.7 Å². The van der Waals surface area contributed by atoms with Crippen molar-refractivity contribution in [2.24, 2.45) is 5.41 Å². The normalized spacial score (nSPS) is 14.5. The molecule has 5 nitrogen and oxygen atoms in total. The predicted molar refractivity (Wildman–Crippen MR) is 118 cm³/mol. The van der Waals surface area contributed by atoms with Gasteiger partial charge in [-0.15, -0.1) is 10.2 Å². The van der Waals surface area contributed by atoms with Crippen LogP contribution in [0, 0.1) is 11.2 Å². The second kappa shape index (κ2) is 7.04. The molecular formula is C24H26FN5. The van der Waals surface area contributed by atoms with Crippen LogP contribution in [-0.4, -0.2) is 26.1 Å². The molecule has 0 saturated heterocycles. The molecular weight excluding hydrogens is 377 g/mol. The number of aryl methyl sites for hydroxylation is 1. The zero-order chi connectivity index (χ0) is 20.9. The SMILES string of the molecule is CC(C)(C)CCc1cccc2c1CCCN2c1nc2nncn2c2c(F)cccc12. The molecule has 0 radical (unpaired) electrons. The van der Waals surface area contributed by atoms with Crippen molar-refractivity contribution in [2.75, 3.05) is 11.4 Å². The number of aromatic nitrogens is 4. The van der Waals surface area contributed by atoms with Crippen LogP contribution in [0.2, 0.25) is 0 Å². The zero-order valence-electron chi connectivity index (χ0n) is 17.7. The summed E-state index contributed by atoms with van der Waals surface area (Å²) in [5.41, 5.74) is 4.74. The summed E-state index contributed by atoms with van der Waals surface area (Å²) in [5, 5.41) is 8.83. The van der Waals surface area contributed by atoms with Crippen molar-refractivity contribution in [2.45, 2.75) is 46.5 Å². The van der Waals surface area contributed by atoms with Crippen LogP contribution >= 0.6 is 0 Å². The molecule has 0 saturated carbocycles. The molecule has 154 valence electrons. The van der Waals surface area contributed by atoms with Gasteiger partial charge in [-0.1, -0.05) is 39.0 Å². The van der Waals surface area contributed by atoms with E-state index in [1.165, 1.54) is 29.2 Å². The fraction of sp³-hybridized carbons (Fsp3) is 0.375. The van der Waals surface area contributed by atoms with Crippen LogP contribution in [0.3, 0.4) is 0 Å². The van der Waals surface area contributed by atoms with Crippen LogP contribution in [0.15, 0.2) is 42.7 Å². The summed E-state index contributed by atoms with van der Waals surface area (Å²) in [7, 11) is 0. The predicted octanol–water partition coefficient (Wildman–Crippen LogP) is 5.48. The van der Waals surface area contributed by atoms with Crippen LogP contribution < -0.4 is 4.90 Å². The molecule has 4 aromatic rings. The van der Waals surface area contributed by atoms with Crippen molar-refractivity contribution in [1.29, 1.82) is 0 Å². The quantitative estimate of drug-likeness (QED) is 0.454. The Morgan fingerprint density at radius 3 is 2.77 bits per heavy atom. The van der Waals surface area contributed by atoms with Gasteiger partial charge in [0.05, 0.1) is 5.52 Å². The Morgan fingerprint density at radius 1 is 1.10 bits per heavy atom. The zero-order valence-corrected chi connectivity index (χ0v) is 17.7. The Labute approximate surface area is 175 Å². The summed E-state index contributed by atoms with van der Waals surface area (Å²) in [6.07, 6.45) is 5.82. The summed E-state index contributed by atoms with van der Waals surface area (Å²) < 4.78 is 16.4. The van der Waals surface area contributed by atoms with Gasteiger partial charge in [-0.3, -0.25) is 4.40 Å². The Balaban J connectivity index is 1.67. The summed E-state index contributed by atoms with van der Waals surface area (Å²) in [4.78, 5) is 7.02. The molecule has 1 aliphatic heterocycles. The third-order valence-electron chi connectivity index (χ3n) is 5.95. The maximum absolute atomic E-state index is 14.8. The van der Waals surface area contributed by atoms with E-state index in [1.807, 2.05) is 6.07 Å². The molecule has 30 heavy (non-hydrogen) atoms. The average molecular weight is 404 g/mol. The van der Waals surface area contributed by atoms with E-state index in [2.05, 4.69) is 54.1 Å². The highest BCUT2D eigenvalue weighted by Gasteiger charge is 2.25. The van der Waals surface area contributed by atoms with Gasteiger partial charge in [-0.2, -0.15) is 4.98 Å². The van der Waals surface area contributed by atoms with Crippen molar-refractivity contribution in [3.05, 3.63) is 59.7 Å². The third-order valence-corrected chi connectivity index (χ3v) is 5.95. The van der Waals surface area contributed by atoms with Gasteiger partial charge in [0.25, 0.3) is 5.78 Å². The second-order valence-electron chi connectivity index (χ2n) is 9.30. The van der Waals surface area contributed by atoms with Gasteiger partial charge in [0, 0.05) is 17.6 Å². The van der Waals surface area contributed by atoms with Crippen LogP contribution in [0.1, 0.15) is 44.7 Å². The molecule has 0 bridgehead atoms. The Morgan fingerprint density at radius 2 is 1.93 bits per heavy atom. The van der Waals surface area contributed by atoms with Crippen molar-refractivity contribution < 1.29 is 4.39 Å². The average Bonchev–Trinajstić information content (AvgIpc) is 3.19. The number of rotatable bonds is 3. The number of nitrogens with zero attached hydrogens (tertiary/aromatic N) is 5. The number of anilines is 2. The second-order valence-corrected chi connectivity index (χ2v) is 9.30. The van der Waals surface area contributed by atoms with Gasteiger partial charge >= 0.3 is 0 Å². The van der Waals surface area contributed by atoms with E-state index in [1.54, 1.807) is 10.5 Å². The molecule has 3 heterocycles. The summed E-state index contributed by atoms with van der Waals surface area (Å²) in [6.45, 7) is 7.70. The number of hydrogen-bond donors (Lipinski definition) is 0. The third kappa shape index (κ3) is 3.20. The molecule has 0 unspecified atom stereocenters. The maximum atomic E-state index is 14.8. The van der Waals surface area contributed by atoms with Crippen molar-refractivity contribution in [1.82, 2.24) is 19.6 Å². The van der Waals surface area contributed by atoms with Gasteiger partial charge in [0.1, 0.15) is 18.0 Å². The van der Waals surface area contributed by atoms with E-state index >= 15 is 0 Å². The van der Waals surface area contributed by atoms with Crippen LogP contribution in [0.4, 0.5) is 15.9 Å². The summed E-state index contributed by atoms with van der Waals surface area (Å²) in [6, 6.07) is 11.7. The van der Waals surface area contributed by atoms with E-state index in [9.17, 15) is 4.39 Å². The van der Waals surface area contributed by atoms with E-state index < -0.39 is 0 Å². The molecule has 1 aliphatic rings. The molecule has 0 spiro atoms. The highest BCUT2D eigenvalue weighted by Crippen LogP contribution is 2.39. The van der Waals surface area contributed by atoms with Gasteiger partial charge in [-0.05, 0) is 60.4 Å². The lowest BCUT2D eigenvalue weighted by molar-refractivity contribution is 0.377. The lowest BCUT2D eigenvalue weighted by Crippen LogP contribution is -2.27. The number of benzene rings is 2. The maximum Gasteiger partial charge on any atom is 0.257 e. The van der Waals surface area contributed by atoms with Gasteiger partial charge in [0.2, 0.25) is 0 Å². The number of para-hydroxylation sites is 1. The molecule has 0 atom stereocenters. The van der Waals surface area contributed by atoms with E-state index in [0.29, 0.717) is 16.7 Å². The van der Waals surface area contributed by atoms with Gasteiger partial charge < -0.3 is 4.90 Å². The Bertz CT molecular complexity index is 1240. The minimum Gasteiger partial charge on any atom is -0.325 e. The first-order valence-electron chi connectivity index (χ1n) is 10.6. The standard InChI is InChI=1S/C24H26FN5/c1-24(2,3)13-12-16-7-4-11-20-17(16)9-6-14-29(20)22-18-8-5-10-19(25)21(18)30-15-26-28-23(30)27-22/h4-5,7-8,10-11,15H,6,9,12-14H2,1-3H3. The van der Waals surface area contributed by atoms with Crippen molar-refractivity contribution >= 4 is 28.2 Å². The Kier molecular flexibility index (Phi) is 4.45. The summed E-state index contributed by atoms with van der Waals surface area (Å²) in [5.74, 6) is 0.870. The first kappa shape index (κ1) is 19.0. The Hall–Kier alpha value is -3.02. The minimum atomic E-state index is -0.294. The van der Waals surface area contributed by atoms with Gasteiger partial charge in [-0.25, -0.2) is 4.39 Å². The van der Waals surface area contributed by atoms with E-state index in [4.69, 9.17) is 4.98 Å². The highest BCUT2D eigenvalue weighted by atomic mass is 19.1. The van der Waals surface area contributed by atoms with Gasteiger partial charge in [0.15, 0.2) is 0 Å². The van der Waals surface area contributed by atoms with Crippen molar-refractivity contribution in [3.8, 4) is 0 Å².